The van der Waals surface area contributed by atoms with E-state index < -0.39 is 0 Å². The fourth-order valence-corrected chi connectivity index (χ4v) is 3.62. The topological polar surface area (TPSA) is 54.3 Å². The molecule has 31 heavy (non-hydrogen) atoms. The van der Waals surface area contributed by atoms with E-state index in [0.717, 1.165) is 30.8 Å². The van der Waals surface area contributed by atoms with E-state index in [2.05, 4.69) is 36.2 Å². The van der Waals surface area contributed by atoms with E-state index >= 15 is 0 Å². The van der Waals surface area contributed by atoms with Gasteiger partial charge in [-0.1, -0.05) is 67.9 Å². The van der Waals surface area contributed by atoms with Crippen LogP contribution in [-0.4, -0.2) is 28.5 Å². The maximum Gasteiger partial charge on any atom is 0.253 e. The molecule has 0 bridgehead atoms. The zero-order valence-corrected chi connectivity index (χ0v) is 18.7. The van der Waals surface area contributed by atoms with Gasteiger partial charge in [0.15, 0.2) is 0 Å². The van der Waals surface area contributed by atoms with Crippen molar-refractivity contribution >= 4 is 17.5 Å². The number of carbonyl (C=O) groups is 1. The van der Waals surface area contributed by atoms with E-state index in [4.69, 9.17) is 11.6 Å². The molecule has 1 amide bonds. The predicted molar refractivity (Wildman–Crippen MR) is 125 cm³/mol. The molecule has 0 saturated heterocycles. The molecule has 0 radical (unpaired) electrons. The van der Waals surface area contributed by atoms with Crippen molar-refractivity contribution in [3.63, 3.8) is 0 Å². The minimum atomic E-state index is -0.220. The van der Waals surface area contributed by atoms with Crippen molar-refractivity contribution in [1.29, 1.82) is 0 Å². The second kappa shape index (κ2) is 10.9. The highest BCUT2D eigenvalue weighted by atomic mass is 35.5. The minimum Gasteiger partial charge on any atom is -0.348 e. The van der Waals surface area contributed by atoms with Gasteiger partial charge in [-0.3, -0.25) is 14.5 Å². The summed E-state index contributed by atoms with van der Waals surface area (Å²) in [5.74, 6) is -0.220. The van der Waals surface area contributed by atoms with Gasteiger partial charge in [-0.25, -0.2) is 0 Å². The molecular weight excluding hydrogens is 410 g/mol. The molecule has 3 rings (SSSR count). The van der Waals surface area contributed by atoms with Gasteiger partial charge in [-0.05, 0) is 41.9 Å². The van der Waals surface area contributed by atoms with Crippen molar-refractivity contribution < 1.29 is 4.79 Å². The summed E-state index contributed by atoms with van der Waals surface area (Å²) in [5.41, 5.74) is 3.35. The highest BCUT2D eigenvalue weighted by Crippen LogP contribution is 2.16. The predicted octanol–water partition coefficient (Wildman–Crippen LogP) is 4.32. The zero-order valence-electron chi connectivity index (χ0n) is 18.0. The highest BCUT2D eigenvalue weighted by Gasteiger charge is 2.10. The maximum absolute atomic E-state index is 12.7. The molecule has 0 aliphatic heterocycles. The van der Waals surface area contributed by atoms with Gasteiger partial charge in [0.1, 0.15) is 0 Å². The summed E-state index contributed by atoms with van der Waals surface area (Å²) in [4.78, 5) is 27.3. The van der Waals surface area contributed by atoms with Crippen LogP contribution in [0.3, 0.4) is 0 Å². The number of amides is 1. The summed E-state index contributed by atoms with van der Waals surface area (Å²) in [7, 11) is 0. The molecule has 0 unspecified atom stereocenters. The normalized spacial score (nSPS) is 11.0. The maximum atomic E-state index is 12.7. The monoisotopic (exact) mass is 437 g/mol. The van der Waals surface area contributed by atoms with Crippen molar-refractivity contribution in [2.24, 2.45) is 0 Å². The van der Waals surface area contributed by atoms with E-state index in [0.29, 0.717) is 23.7 Å². The zero-order chi connectivity index (χ0) is 22.2. The number of hydrogen-bond acceptors (Lipinski definition) is 3. The highest BCUT2D eigenvalue weighted by molar-refractivity contribution is 6.31. The third-order valence-electron chi connectivity index (χ3n) is 5.29. The van der Waals surface area contributed by atoms with Crippen LogP contribution in [0, 0.1) is 0 Å². The largest absolute Gasteiger partial charge is 0.348 e. The second-order valence-corrected chi connectivity index (χ2v) is 7.85. The Labute approximate surface area is 188 Å². The van der Waals surface area contributed by atoms with Gasteiger partial charge >= 0.3 is 0 Å². The van der Waals surface area contributed by atoms with Gasteiger partial charge in [0.2, 0.25) is 0 Å². The Balaban J connectivity index is 1.67. The summed E-state index contributed by atoms with van der Waals surface area (Å²) in [6, 6.07) is 18.6. The Kier molecular flexibility index (Phi) is 8.04. The molecule has 5 nitrogen and oxygen atoms in total. The Morgan fingerprint density at radius 1 is 1.00 bits per heavy atom. The Bertz CT molecular complexity index is 1090. The standard InChI is InChI=1S/C25H28ClN3O2/c1-3-28(4-2)16-20-9-7-8-19(14-20)15-27-25(31)22-12-13-24(30)29(18-22)17-21-10-5-6-11-23(21)26/h5-14,18H,3-4,15-17H2,1-2H3,(H,27,31). The van der Waals surface area contributed by atoms with E-state index in [1.54, 1.807) is 18.3 Å². The van der Waals surface area contributed by atoms with Crippen LogP contribution in [0.2, 0.25) is 5.02 Å². The first-order valence-corrected chi connectivity index (χ1v) is 10.9. The van der Waals surface area contributed by atoms with Crippen LogP contribution in [-0.2, 0) is 19.6 Å². The quantitative estimate of drug-likeness (QED) is 0.542. The van der Waals surface area contributed by atoms with Crippen LogP contribution in [0.25, 0.3) is 0 Å². The van der Waals surface area contributed by atoms with Gasteiger partial charge in [-0.2, -0.15) is 0 Å². The number of pyridine rings is 1. The molecule has 0 aliphatic carbocycles. The number of nitrogens with zero attached hydrogens (tertiary/aromatic N) is 2. The summed E-state index contributed by atoms with van der Waals surface area (Å²) in [5, 5.41) is 3.54. The van der Waals surface area contributed by atoms with Crippen LogP contribution in [0.15, 0.2) is 71.7 Å². The molecule has 1 heterocycles. The number of nitrogens with one attached hydrogen (secondary N) is 1. The SMILES string of the molecule is CCN(CC)Cc1cccc(CNC(=O)c2ccc(=O)n(Cc3ccccc3Cl)c2)c1. The number of benzene rings is 2. The number of carbonyl (C=O) groups excluding carboxylic acids is 1. The van der Waals surface area contributed by atoms with Gasteiger partial charge in [0.25, 0.3) is 11.5 Å². The number of aromatic nitrogens is 1. The van der Waals surface area contributed by atoms with Crippen LogP contribution < -0.4 is 10.9 Å². The fourth-order valence-electron chi connectivity index (χ4n) is 3.43. The van der Waals surface area contributed by atoms with E-state index in [1.807, 2.05) is 30.3 Å². The summed E-state index contributed by atoms with van der Waals surface area (Å²) < 4.78 is 1.50. The molecule has 6 heteroatoms. The van der Waals surface area contributed by atoms with Gasteiger partial charge < -0.3 is 9.88 Å². The molecular formula is C25H28ClN3O2. The van der Waals surface area contributed by atoms with Crippen LogP contribution in [0.5, 0.6) is 0 Å². The molecule has 0 aliphatic rings. The van der Waals surface area contributed by atoms with Crippen molar-refractivity contribution in [1.82, 2.24) is 14.8 Å². The lowest BCUT2D eigenvalue weighted by molar-refractivity contribution is 0.0950. The molecule has 0 spiro atoms. The first-order valence-electron chi connectivity index (χ1n) is 10.5. The van der Waals surface area contributed by atoms with Crippen LogP contribution in [0.4, 0.5) is 0 Å². The van der Waals surface area contributed by atoms with Crippen LogP contribution in [0.1, 0.15) is 40.9 Å². The summed E-state index contributed by atoms with van der Waals surface area (Å²) in [6.07, 6.45) is 1.58. The number of rotatable bonds is 9. The molecule has 162 valence electrons. The van der Waals surface area contributed by atoms with Crippen molar-refractivity contribution in [3.8, 4) is 0 Å². The minimum absolute atomic E-state index is 0.180. The third kappa shape index (κ3) is 6.29. The third-order valence-corrected chi connectivity index (χ3v) is 5.66. The van der Waals surface area contributed by atoms with E-state index in [1.165, 1.54) is 16.2 Å². The van der Waals surface area contributed by atoms with Crippen molar-refractivity contribution in [2.75, 3.05) is 13.1 Å². The lowest BCUT2D eigenvalue weighted by Gasteiger charge is -2.18. The molecule has 0 saturated carbocycles. The average molecular weight is 438 g/mol. The molecule has 0 fully saturated rings. The molecule has 1 aromatic heterocycles. The molecule has 2 aromatic carbocycles. The Hall–Kier alpha value is -2.89. The first kappa shape index (κ1) is 22.8. The molecule has 3 aromatic rings. The summed E-state index contributed by atoms with van der Waals surface area (Å²) >= 11 is 6.21. The van der Waals surface area contributed by atoms with Gasteiger partial charge in [-0.15, -0.1) is 0 Å². The van der Waals surface area contributed by atoms with E-state index in [9.17, 15) is 9.59 Å². The smallest absolute Gasteiger partial charge is 0.253 e. The first-order chi connectivity index (χ1) is 15.0. The van der Waals surface area contributed by atoms with Crippen LogP contribution >= 0.6 is 11.6 Å². The lowest BCUT2D eigenvalue weighted by Crippen LogP contribution is -2.27. The van der Waals surface area contributed by atoms with Crippen molar-refractivity contribution in [2.45, 2.75) is 33.5 Å². The molecule has 1 N–H and O–H groups in total. The summed E-state index contributed by atoms with van der Waals surface area (Å²) in [6.45, 7) is 7.93. The number of halogens is 1. The van der Waals surface area contributed by atoms with Gasteiger partial charge in [0, 0.05) is 30.4 Å². The average Bonchev–Trinajstić information content (AvgIpc) is 2.79. The number of hydrogen-bond donors (Lipinski definition) is 1. The van der Waals surface area contributed by atoms with E-state index in [-0.39, 0.29) is 11.5 Å². The Morgan fingerprint density at radius 3 is 2.48 bits per heavy atom. The van der Waals surface area contributed by atoms with Crippen molar-refractivity contribution in [3.05, 3.63) is 104 Å². The fraction of sp³-hybridized carbons (Fsp3) is 0.280. The lowest BCUT2D eigenvalue weighted by atomic mass is 10.1. The van der Waals surface area contributed by atoms with Gasteiger partial charge in [0.05, 0.1) is 12.1 Å². The second-order valence-electron chi connectivity index (χ2n) is 7.44. The molecule has 0 atom stereocenters. The Morgan fingerprint density at radius 2 is 1.74 bits per heavy atom.